The molecule has 0 amide bonds. The van der Waals surface area contributed by atoms with Gasteiger partial charge in [-0.15, -0.1) is 0 Å². The first-order valence-electron chi connectivity index (χ1n) is 3.40. The number of halogens is 3. The molecule has 0 aromatic rings. The van der Waals surface area contributed by atoms with E-state index in [4.69, 9.17) is 0 Å². The number of alkyl halides is 3. The molecule has 0 atom stereocenters. The third kappa shape index (κ3) is 2.06. The molecular weight excluding hydrogens is 208 g/mol. The molecular formula is C6H12F3O3P. The SMILES string of the molecule is COP(=O)(OC)C(C)(C)C(F)(F)F. The standard InChI is InChI=1S/C6H12F3O3P/c1-5(2,6(7,8)9)13(10,11-3)12-4/h1-4H3. The summed E-state index contributed by atoms with van der Waals surface area (Å²) in [6.45, 7) is 1.56. The maximum Gasteiger partial charge on any atom is 0.405 e. The van der Waals surface area contributed by atoms with Gasteiger partial charge in [0.05, 0.1) is 0 Å². The van der Waals surface area contributed by atoms with Crippen LogP contribution in [0.2, 0.25) is 0 Å². The Balaban J connectivity index is 5.13. The van der Waals surface area contributed by atoms with E-state index in [2.05, 4.69) is 9.05 Å². The molecule has 7 heteroatoms. The van der Waals surface area contributed by atoms with Crippen LogP contribution in [0.3, 0.4) is 0 Å². The molecule has 0 saturated carbocycles. The average Bonchev–Trinajstić information content (AvgIpc) is 2.00. The van der Waals surface area contributed by atoms with Crippen LogP contribution in [0.15, 0.2) is 0 Å². The molecule has 0 bridgehead atoms. The van der Waals surface area contributed by atoms with E-state index in [1.807, 2.05) is 0 Å². The van der Waals surface area contributed by atoms with Gasteiger partial charge in [0, 0.05) is 14.2 Å². The van der Waals surface area contributed by atoms with Crippen molar-refractivity contribution in [2.45, 2.75) is 25.2 Å². The van der Waals surface area contributed by atoms with Gasteiger partial charge in [0.1, 0.15) is 0 Å². The molecule has 3 nitrogen and oxygen atoms in total. The fourth-order valence-corrected chi connectivity index (χ4v) is 2.06. The third-order valence-electron chi connectivity index (χ3n) is 1.86. The zero-order chi connectivity index (χ0) is 10.9. The van der Waals surface area contributed by atoms with Crippen molar-refractivity contribution >= 4 is 7.60 Å². The average molecular weight is 220 g/mol. The van der Waals surface area contributed by atoms with Crippen LogP contribution in [0.4, 0.5) is 13.2 Å². The molecule has 0 aliphatic heterocycles. The Morgan fingerprint density at radius 1 is 1.08 bits per heavy atom. The summed E-state index contributed by atoms with van der Waals surface area (Å²) in [7, 11) is -2.27. The van der Waals surface area contributed by atoms with Crippen molar-refractivity contribution in [3.8, 4) is 0 Å². The van der Waals surface area contributed by atoms with Gasteiger partial charge < -0.3 is 9.05 Å². The molecule has 0 aromatic heterocycles. The third-order valence-corrected chi connectivity index (χ3v) is 4.44. The van der Waals surface area contributed by atoms with Crippen molar-refractivity contribution in [3.63, 3.8) is 0 Å². The molecule has 0 heterocycles. The molecule has 0 unspecified atom stereocenters. The van der Waals surface area contributed by atoms with Crippen LogP contribution in [0.25, 0.3) is 0 Å². The molecule has 0 saturated heterocycles. The zero-order valence-corrected chi connectivity index (χ0v) is 8.70. The Kier molecular flexibility index (Phi) is 3.58. The van der Waals surface area contributed by atoms with Gasteiger partial charge in [0.25, 0.3) is 0 Å². The molecule has 0 radical (unpaired) electrons. The van der Waals surface area contributed by atoms with Crippen molar-refractivity contribution in [3.05, 3.63) is 0 Å². The van der Waals surface area contributed by atoms with E-state index in [1.165, 1.54) is 0 Å². The maximum absolute atomic E-state index is 12.4. The van der Waals surface area contributed by atoms with Gasteiger partial charge in [-0.2, -0.15) is 13.2 Å². The zero-order valence-electron chi connectivity index (χ0n) is 7.81. The fourth-order valence-electron chi connectivity index (χ4n) is 0.686. The summed E-state index contributed by atoms with van der Waals surface area (Å²) in [4.78, 5) is 0. The highest BCUT2D eigenvalue weighted by atomic mass is 31.2. The molecule has 80 valence electrons. The quantitative estimate of drug-likeness (QED) is 0.686. The van der Waals surface area contributed by atoms with Crippen LogP contribution in [0.1, 0.15) is 13.8 Å². The summed E-state index contributed by atoms with van der Waals surface area (Å²) in [6.07, 6.45) is -4.63. The fraction of sp³-hybridized carbons (Fsp3) is 1.00. The predicted octanol–water partition coefficient (Wildman–Crippen LogP) is 2.81. The molecule has 0 rings (SSSR count). The minimum atomic E-state index is -4.63. The Bertz CT molecular complexity index is 216. The van der Waals surface area contributed by atoms with Crippen LogP contribution in [0, 0.1) is 0 Å². The van der Waals surface area contributed by atoms with Crippen LogP contribution < -0.4 is 0 Å². The van der Waals surface area contributed by atoms with E-state index in [0.717, 1.165) is 28.1 Å². The lowest BCUT2D eigenvalue weighted by atomic mass is 10.2. The highest BCUT2D eigenvalue weighted by Gasteiger charge is 2.60. The molecule has 0 aliphatic carbocycles. The molecule has 0 N–H and O–H groups in total. The van der Waals surface area contributed by atoms with Crippen molar-refractivity contribution in [2.24, 2.45) is 0 Å². The topological polar surface area (TPSA) is 35.5 Å². The minimum absolute atomic E-state index is 0.779. The first kappa shape index (κ1) is 12.9. The summed E-state index contributed by atoms with van der Waals surface area (Å²) in [6, 6.07) is 0. The van der Waals surface area contributed by atoms with Gasteiger partial charge in [0.15, 0.2) is 5.16 Å². The highest BCUT2D eigenvalue weighted by Crippen LogP contribution is 2.64. The van der Waals surface area contributed by atoms with E-state index in [1.54, 1.807) is 0 Å². The molecule has 0 aromatic carbocycles. The van der Waals surface area contributed by atoms with Crippen molar-refractivity contribution in [1.82, 2.24) is 0 Å². The monoisotopic (exact) mass is 220 g/mol. The van der Waals surface area contributed by atoms with Gasteiger partial charge in [-0.05, 0) is 13.8 Å². The van der Waals surface area contributed by atoms with Crippen LogP contribution in [-0.2, 0) is 13.6 Å². The number of hydrogen-bond acceptors (Lipinski definition) is 3. The van der Waals surface area contributed by atoms with Crippen molar-refractivity contribution < 1.29 is 26.8 Å². The number of hydrogen-bond donors (Lipinski definition) is 0. The molecule has 0 aliphatic rings. The van der Waals surface area contributed by atoms with Crippen molar-refractivity contribution in [1.29, 1.82) is 0 Å². The van der Waals surface area contributed by atoms with Crippen LogP contribution >= 0.6 is 7.60 Å². The van der Waals surface area contributed by atoms with E-state index in [0.29, 0.717) is 0 Å². The lowest BCUT2D eigenvalue weighted by Gasteiger charge is -2.32. The van der Waals surface area contributed by atoms with Crippen LogP contribution in [0.5, 0.6) is 0 Å². The van der Waals surface area contributed by atoms with Gasteiger partial charge >= 0.3 is 13.8 Å². The lowest BCUT2D eigenvalue weighted by Crippen LogP contribution is -2.39. The summed E-state index contributed by atoms with van der Waals surface area (Å²) >= 11 is 0. The van der Waals surface area contributed by atoms with E-state index in [9.17, 15) is 17.7 Å². The highest BCUT2D eigenvalue weighted by molar-refractivity contribution is 7.55. The summed E-state index contributed by atoms with van der Waals surface area (Å²) in [5.74, 6) is 0. The van der Waals surface area contributed by atoms with Crippen LogP contribution in [-0.4, -0.2) is 25.6 Å². The maximum atomic E-state index is 12.4. The molecule has 0 fully saturated rings. The Hall–Kier alpha value is -0.0600. The Morgan fingerprint density at radius 3 is 1.46 bits per heavy atom. The van der Waals surface area contributed by atoms with Gasteiger partial charge in [0.2, 0.25) is 0 Å². The second-order valence-electron chi connectivity index (χ2n) is 2.92. The molecule has 13 heavy (non-hydrogen) atoms. The summed E-state index contributed by atoms with van der Waals surface area (Å²) in [5.41, 5.74) is 0. The smallest absolute Gasteiger partial charge is 0.311 e. The van der Waals surface area contributed by atoms with Gasteiger partial charge in [-0.1, -0.05) is 0 Å². The number of rotatable bonds is 3. The Labute approximate surface area is 74.8 Å². The normalized spacial score (nSPS) is 14.7. The predicted molar refractivity (Wildman–Crippen MR) is 41.8 cm³/mol. The summed E-state index contributed by atoms with van der Waals surface area (Å²) in [5, 5.41) is -2.50. The van der Waals surface area contributed by atoms with Gasteiger partial charge in [-0.3, -0.25) is 4.57 Å². The van der Waals surface area contributed by atoms with E-state index >= 15 is 0 Å². The van der Waals surface area contributed by atoms with Crippen molar-refractivity contribution in [2.75, 3.05) is 14.2 Å². The molecule has 0 spiro atoms. The summed E-state index contributed by atoms with van der Waals surface area (Å²) < 4.78 is 57.1. The van der Waals surface area contributed by atoms with E-state index < -0.39 is 18.9 Å². The Morgan fingerprint density at radius 2 is 1.38 bits per heavy atom. The second-order valence-corrected chi connectivity index (χ2v) is 5.76. The first-order valence-corrected chi connectivity index (χ1v) is 4.95. The van der Waals surface area contributed by atoms with Gasteiger partial charge in [-0.25, -0.2) is 0 Å². The van der Waals surface area contributed by atoms with E-state index in [-0.39, 0.29) is 0 Å². The lowest BCUT2D eigenvalue weighted by molar-refractivity contribution is -0.158. The largest absolute Gasteiger partial charge is 0.405 e. The minimum Gasteiger partial charge on any atom is -0.311 e. The second kappa shape index (κ2) is 3.59. The first-order chi connectivity index (χ1) is 5.62.